The lowest BCUT2D eigenvalue weighted by molar-refractivity contribution is -0.139. The number of hydrogen-bond acceptors (Lipinski definition) is 5. The average molecular weight is 471 g/mol. The van der Waals surface area contributed by atoms with Crippen LogP contribution in [0.2, 0.25) is 0 Å². The van der Waals surface area contributed by atoms with Gasteiger partial charge < -0.3 is 14.5 Å². The molecule has 1 aromatic rings. The highest BCUT2D eigenvalue weighted by molar-refractivity contribution is 5.79. The molecule has 1 aromatic carbocycles. The lowest BCUT2D eigenvalue weighted by atomic mass is 9.95. The van der Waals surface area contributed by atoms with Crippen molar-refractivity contribution in [2.45, 2.75) is 64.6 Å². The van der Waals surface area contributed by atoms with E-state index in [-0.39, 0.29) is 17.9 Å². The Labute approximate surface area is 205 Å². The maximum absolute atomic E-state index is 13.1. The van der Waals surface area contributed by atoms with Crippen molar-refractivity contribution in [3.05, 3.63) is 35.9 Å². The molecular formula is C27H42N4O3. The van der Waals surface area contributed by atoms with Gasteiger partial charge in [0.2, 0.25) is 5.91 Å². The fraction of sp³-hybridized carbons (Fsp3) is 0.704. The van der Waals surface area contributed by atoms with E-state index in [0.29, 0.717) is 19.1 Å². The highest BCUT2D eigenvalue weighted by Crippen LogP contribution is 2.24. The summed E-state index contributed by atoms with van der Waals surface area (Å²) < 4.78 is 5.48. The van der Waals surface area contributed by atoms with E-state index in [1.165, 1.54) is 18.4 Å². The van der Waals surface area contributed by atoms with E-state index < -0.39 is 5.60 Å². The van der Waals surface area contributed by atoms with Crippen molar-refractivity contribution in [2.75, 3.05) is 52.4 Å². The molecule has 4 rings (SSSR count). The molecule has 7 heteroatoms. The quantitative estimate of drug-likeness (QED) is 0.675. The Kier molecular flexibility index (Phi) is 8.14. The van der Waals surface area contributed by atoms with E-state index in [1.807, 2.05) is 20.8 Å². The molecule has 0 atom stereocenters. The number of amides is 2. The SMILES string of the molecule is CC(C)(C)OC(=O)N1CCC(C(=O)N2CCN(C3CCN(Cc4ccccc4)CC3)CC2)CC1. The Bertz CT molecular complexity index is 801. The minimum atomic E-state index is -0.484. The lowest BCUT2D eigenvalue weighted by Crippen LogP contribution is -2.55. The number of carbonyl (C=O) groups is 2. The first-order chi connectivity index (χ1) is 16.3. The van der Waals surface area contributed by atoms with Crippen LogP contribution in [0.4, 0.5) is 4.79 Å². The summed E-state index contributed by atoms with van der Waals surface area (Å²) in [4.78, 5) is 34.4. The van der Waals surface area contributed by atoms with E-state index in [0.717, 1.165) is 58.7 Å². The lowest BCUT2D eigenvalue weighted by Gasteiger charge is -2.43. The third-order valence-electron chi connectivity index (χ3n) is 7.44. The summed E-state index contributed by atoms with van der Waals surface area (Å²) in [6, 6.07) is 11.4. The normalized spacial score (nSPS) is 22.1. The number of piperazine rings is 1. The Morgan fingerprint density at radius 3 is 2.03 bits per heavy atom. The summed E-state index contributed by atoms with van der Waals surface area (Å²) in [7, 11) is 0. The zero-order chi connectivity index (χ0) is 24.1. The first kappa shape index (κ1) is 25.0. The van der Waals surface area contributed by atoms with Crippen LogP contribution in [-0.4, -0.2) is 95.6 Å². The highest BCUT2D eigenvalue weighted by atomic mass is 16.6. The molecule has 3 aliphatic heterocycles. The van der Waals surface area contributed by atoms with Gasteiger partial charge in [0.1, 0.15) is 5.60 Å². The minimum Gasteiger partial charge on any atom is -0.444 e. The van der Waals surface area contributed by atoms with Crippen LogP contribution >= 0.6 is 0 Å². The van der Waals surface area contributed by atoms with Crippen molar-refractivity contribution in [2.24, 2.45) is 5.92 Å². The number of piperidine rings is 2. The van der Waals surface area contributed by atoms with Crippen LogP contribution in [-0.2, 0) is 16.1 Å². The second kappa shape index (κ2) is 11.1. The summed E-state index contributed by atoms with van der Waals surface area (Å²) >= 11 is 0. The predicted molar refractivity (Wildman–Crippen MR) is 133 cm³/mol. The molecule has 0 unspecified atom stereocenters. The largest absolute Gasteiger partial charge is 0.444 e. The van der Waals surface area contributed by atoms with Crippen LogP contribution in [0.15, 0.2) is 30.3 Å². The van der Waals surface area contributed by atoms with Gasteiger partial charge in [-0.05, 0) is 65.1 Å². The first-order valence-corrected chi connectivity index (χ1v) is 13.1. The second-order valence-electron chi connectivity index (χ2n) is 11.1. The molecule has 188 valence electrons. The van der Waals surface area contributed by atoms with Crippen LogP contribution in [0.3, 0.4) is 0 Å². The van der Waals surface area contributed by atoms with Crippen molar-refractivity contribution in [3.8, 4) is 0 Å². The Hall–Kier alpha value is -2.12. The van der Waals surface area contributed by atoms with Gasteiger partial charge in [0.25, 0.3) is 0 Å². The van der Waals surface area contributed by atoms with Gasteiger partial charge in [-0.3, -0.25) is 14.6 Å². The fourth-order valence-electron chi connectivity index (χ4n) is 5.49. The molecule has 34 heavy (non-hydrogen) atoms. The smallest absolute Gasteiger partial charge is 0.410 e. The van der Waals surface area contributed by atoms with E-state index in [4.69, 9.17) is 4.74 Å². The first-order valence-electron chi connectivity index (χ1n) is 13.1. The van der Waals surface area contributed by atoms with Crippen molar-refractivity contribution in [1.82, 2.24) is 19.6 Å². The van der Waals surface area contributed by atoms with Crippen LogP contribution in [0.1, 0.15) is 52.0 Å². The molecule has 0 N–H and O–H groups in total. The van der Waals surface area contributed by atoms with Gasteiger partial charge in [0.05, 0.1) is 0 Å². The van der Waals surface area contributed by atoms with Gasteiger partial charge in [-0.1, -0.05) is 30.3 Å². The van der Waals surface area contributed by atoms with Crippen molar-refractivity contribution in [1.29, 1.82) is 0 Å². The van der Waals surface area contributed by atoms with Crippen LogP contribution in [0, 0.1) is 5.92 Å². The summed E-state index contributed by atoms with van der Waals surface area (Å²) in [5, 5.41) is 0. The van der Waals surface area contributed by atoms with E-state index >= 15 is 0 Å². The number of hydrogen-bond donors (Lipinski definition) is 0. The summed E-state index contributed by atoms with van der Waals surface area (Å²) in [6.45, 7) is 13.8. The van der Waals surface area contributed by atoms with Gasteiger partial charge >= 0.3 is 6.09 Å². The van der Waals surface area contributed by atoms with Gasteiger partial charge in [-0.15, -0.1) is 0 Å². The van der Waals surface area contributed by atoms with Gasteiger partial charge in [-0.2, -0.15) is 0 Å². The van der Waals surface area contributed by atoms with E-state index in [9.17, 15) is 9.59 Å². The molecule has 0 radical (unpaired) electrons. The van der Waals surface area contributed by atoms with Gasteiger partial charge in [0, 0.05) is 57.8 Å². The third kappa shape index (κ3) is 6.72. The zero-order valence-corrected chi connectivity index (χ0v) is 21.2. The Balaban J connectivity index is 1.16. The number of rotatable bonds is 4. The molecule has 3 aliphatic rings. The number of likely N-dealkylation sites (tertiary alicyclic amines) is 2. The molecule has 0 saturated carbocycles. The van der Waals surface area contributed by atoms with Crippen molar-refractivity contribution < 1.29 is 14.3 Å². The summed E-state index contributed by atoms with van der Waals surface area (Å²) in [6.07, 6.45) is 3.63. The number of ether oxygens (including phenoxy) is 1. The topological polar surface area (TPSA) is 56.3 Å². The fourth-order valence-corrected chi connectivity index (χ4v) is 5.49. The maximum atomic E-state index is 13.1. The van der Waals surface area contributed by atoms with E-state index in [2.05, 4.69) is 45.0 Å². The Morgan fingerprint density at radius 1 is 0.824 bits per heavy atom. The summed E-state index contributed by atoms with van der Waals surface area (Å²) in [5.74, 6) is 0.313. The summed E-state index contributed by atoms with van der Waals surface area (Å²) in [5.41, 5.74) is 0.909. The number of benzene rings is 1. The van der Waals surface area contributed by atoms with Crippen LogP contribution < -0.4 is 0 Å². The van der Waals surface area contributed by atoms with Crippen LogP contribution in [0.25, 0.3) is 0 Å². The molecule has 0 bridgehead atoms. The molecule has 3 saturated heterocycles. The highest BCUT2D eigenvalue weighted by Gasteiger charge is 2.34. The van der Waals surface area contributed by atoms with Gasteiger partial charge in [-0.25, -0.2) is 4.79 Å². The third-order valence-corrected chi connectivity index (χ3v) is 7.44. The molecule has 7 nitrogen and oxygen atoms in total. The number of nitrogens with zero attached hydrogens (tertiary/aromatic N) is 4. The van der Waals surface area contributed by atoms with Crippen molar-refractivity contribution in [3.63, 3.8) is 0 Å². The van der Waals surface area contributed by atoms with Crippen molar-refractivity contribution >= 4 is 12.0 Å². The molecule has 0 aromatic heterocycles. The molecule has 2 amide bonds. The van der Waals surface area contributed by atoms with E-state index in [1.54, 1.807) is 4.90 Å². The molecule has 0 spiro atoms. The average Bonchev–Trinajstić information content (AvgIpc) is 2.84. The van der Waals surface area contributed by atoms with Gasteiger partial charge in [0.15, 0.2) is 0 Å². The second-order valence-corrected chi connectivity index (χ2v) is 11.1. The monoisotopic (exact) mass is 470 g/mol. The molecular weight excluding hydrogens is 428 g/mol. The Morgan fingerprint density at radius 2 is 1.44 bits per heavy atom. The maximum Gasteiger partial charge on any atom is 0.410 e. The standard InChI is InChI=1S/C27H42N4O3/c1-27(2,3)34-26(33)31-15-9-23(10-16-31)25(32)30-19-17-29(18-20-30)24-11-13-28(14-12-24)21-22-7-5-4-6-8-22/h4-8,23-24H,9-21H2,1-3H3. The van der Waals surface area contributed by atoms with Crippen LogP contribution in [0.5, 0.6) is 0 Å². The molecule has 0 aliphatic carbocycles. The zero-order valence-electron chi connectivity index (χ0n) is 21.2. The predicted octanol–water partition coefficient (Wildman–Crippen LogP) is 3.44. The minimum absolute atomic E-state index is 0.0338. The molecule has 3 fully saturated rings. The molecule has 3 heterocycles. The number of carbonyl (C=O) groups excluding carboxylic acids is 2.